The average Bonchev–Trinajstić information content (AvgIpc) is 3.24. The predicted octanol–water partition coefficient (Wildman–Crippen LogP) is 2.92. The van der Waals surface area contributed by atoms with Crippen molar-refractivity contribution in [1.29, 1.82) is 0 Å². The predicted molar refractivity (Wildman–Crippen MR) is 106 cm³/mol. The Bertz CT molecular complexity index is 768. The fourth-order valence-corrected chi connectivity index (χ4v) is 4.01. The highest BCUT2D eigenvalue weighted by Crippen LogP contribution is 2.25. The van der Waals surface area contributed by atoms with Crippen molar-refractivity contribution in [3.8, 4) is 0 Å². The van der Waals surface area contributed by atoms with Crippen LogP contribution in [0.1, 0.15) is 38.5 Å². The van der Waals surface area contributed by atoms with Crippen LogP contribution in [0.2, 0.25) is 0 Å². The molecular weight excluding hydrogens is 340 g/mol. The Kier molecular flexibility index (Phi) is 5.82. The first-order valence-corrected chi connectivity index (χ1v) is 10.1. The van der Waals surface area contributed by atoms with Crippen LogP contribution in [0.3, 0.4) is 0 Å². The SMILES string of the molecule is O=C(CCC1CCN(c2cnc3ccccc3n2)CC1)NC[C@H]1CCCO1. The summed E-state index contributed by atoms with van der Waals surface area (Å²) in [4.78, 5) is 23.6. The highest BCUT2D eigenvalue weighted by Gasteiger charge is 2.22. The lowest BCUT2D eigenvalue weighted by Crippen LogP contribution is -2.35. The maximum absolute atomic E-state index is 12.1. The first-order valence-electron chi connectivity index (χ1n) is 10.1. The van der Waals surface area contributed by atoms with Gasteiger partial charge in [0.25, 0.3) is 0 Å². The molecule has 144 valence electrons. The molecule has 6 nitrogen and oxygen atoms in total. The van der Waals surface area contributed by atoms with Gasteiger partial charge in [0.2, 0.25) is 5.91 Å². The Morgan fingerprint density at radius 1 is 1.19 bits per heavy atom. The summed E-state index contributed by atoms with van der Waals surface area (Å²) in [6, 6.07) is 7.98. The van der Waals surface area contributed by atoms with Gasteiger partial charge in [-0.05, 0) is 50.2 Å². The molecule has 6 heteroatoms. The third-order valence-electron chi connectivity index (χ3n) is 5.70. The highest BCUT2D eigenvalue weighted by atomic mass is 16.5. The summed E-state index contributed by atoms with van der Waals surface area (Å²) in [7, 11) is 0. The fourth-order valence-electron chi connectivity index (χ4n) is 4.01. The second-order valence-electron chi connectivity index (χ2n) is 7.63. The molecule has 1 N–H and O–H groups in total. The van der Waals surface area contributed by atoms with Gasteiger partial charge < -0.3 is 15.0 Å². The summed E-state index contributed by atoms with van der Waals surface area (Å²) < 4.78 is 5.55. The Labute approximate surface area is 160 Å². The summed E-state index contributed by atoms with van der Waals surface area (Å²) in [6.45, 7) is 3.46. The minimum atomic E-state index is 0.160. The molecule has 1 atom stereocenters. The molecule has 27 heavy (non-hydrogen) atoms. The quantitative estimate of drug-likeness (QED) is 0.849. The van der Waals surface area contributed by atoms with E-state index in [9.17, 15) is 4.79 Å². The molecule has 2 fully saturated rings. The first kappa shape index (κ1) is 18.2. The Morgan fingerprint density at radius 3 is 2.78 bits per heavy atom. The molecule has 2 aliphatic rings. The Balaban J connectivity index is 1.20. The number of ether oxygens (including phenoxy) is 1. The minimum Gasteiger partial charge on any atom is -0.376 e. The van der Waals surface area contributed by atoms with Gasteiger partial charge in [-0.2, -0.15) is 0 Å². The van der Waals surface area contributed by atoms with Gasteiger partial charge >= 0.3 is 0 Å². The number of fused-ring (bicyclic) bond motifs is 1. The lowest BCUT2D eigenvalue weighted by molar-refractivity contribution is -0.121. The molecule has 1 aromatic carbocycles. The fraction of sp³-hybridized carbons (Fsp3) is 0.571. The minimum absolute atomic E-state index is 0.160. The molecule has 2 aromatic rings. The second kappa shape index (κ2) is 8.65. The number of carbonyl (C=O) groups excluding carboxylic acids is 1. The van der Waals surface area contributed by atoms with Gasteiger partial charge in [0.15, 0.2) is 0 Å². The lowest BCUT2D eigenvalue weighted by Gasteiger charge is -2.32. The number of aromatic nitrogens is 2. The van der Waals surface area contributed by atoms with Gasteiger partial charge in [0.1, 0.15) is 5.82 Å². The molecule has 1 aromatic heterocycles. The number of hydrogen-bond acceptors (Lipinski definition) is 5. The van der Waals surface area contributed by atoms with Crippen LogP contribution in [-0.4, -0.2) is 48.2 Å². The number of anilines is 1. The molecule has 0 saturated carbocycles. The second-order valence-corrected chi connectivity index (χ2v) is 7.63. The van der Waals surface area contributed by atoms with E-state index < -0.39 is 0 Å². The van der Waals surface area contributed by atoms with Crippen LogP contribution in [0, 0.1) is 5.92 Å². The number of rotatable bonds is 6. The van der Waals surface area contributed by atoms with E-state index in [-0.39, 0.29) is 12.0 Å². The zero-order chi connectivity index (χ0) is 18.5. The molecule has 2 saturated heterocycles. The van der Waals surface area contributed by atoms with Crippen LogP contribution in [0.25, 0.3) is 11.0 Å². The number of nitrogens with one attached hydrogen (secondary N) is 1. The number of benzene rings is 1. The zero-order valence-electron chi connectivity index (χ0n) is 15.8. The van der Waals surface area contributed by atoms with Crippen molar-refractivity contribution in [2.45, 2.75) is 44.6 Å². The van der Waals surface area contributed by atoms with Crippen LogP contribution < -0.4 is 10.2 Å². The van der Waals surface area contributed by atoms with E-state index in [2.05, 4.69) is 15.2 Å². The normalized spacial score (nSPS) is 20.9. The van der Waals surface area contributed by atoms with Gasteiger partial charge in [0.05, 0.1) is 23.3 Å². The van der Waals surface area contributed by atoms with E-state index in [4.69, 9.17) is 9.72 Å². The first-order chi connectivity index (χ1) is 13.3. The van der Waals surface area contributed by atoms with Crippen molar-refractivity contribution < 1.29 is 9.53 Å². The number of carbonyl (C=O) groups is 1. The van der Waals surface area contributed by atoms with Gasteiger partial charge in [0, 0.05) is 32.7 Å². The summed E-state index contributed by atoms with van der Waals surface area (Å²) in [5.74, 6) is 1.73. The highest BCUT2D eigenvalue weighted by molar-refractivity contribution is 5.76. The molecule has 1 amide bonds. The number of amides is 1. The van der Waals surface area contributed by atoms with Crippen molar-refractivity contribution in [3.63, 3.8) is 0 Å². The van der Waals surface area contributed by atoms with E-state index >= 15 is 0 Å². The third kappa shape index (κ3) is 4.75. The monoisotopic (exact) mass is 368 g/mol. The number of hydrogen-bond donors (Lipinski definition) is 1. The molecule has 0 aliphatic carbocycles. The van der Waals surface area contributed by atoms with Gasteiger partial charge in [-0.1, -0.05) is 12.1 Å². The summed E-state index contributed by atoms with van der Waals surface area (Å²) in [6.07, 6.45) is 8.07. The Morgan fingerprint density at radius 2 is 2.00 bits per heavy atom. The van der Waals surface area contributed by atoms with Crippen molar-refractivity contribution in [2.24, 2.45) is 5.92 Å². The van der Waals surface area contributed by atoms with E-state index in [1.54, 1.807) is 0 Å². The largest absolute Gasteiger partial charge is 0.376 e. The molecule has 2 aliphatic heterocycles. The van der Waals surface area contributed by atoms with Crippen LogP contribution in [0.4, 0.5) is 5.82 Å². The average molecular weight is 368 g/mol. The van der Waals surface area contributed by atoms with Crippen LogP contribution in [0.5, 0.6) is 0 Å². The van der Waals surface area contributed by atoms with Gasteiger partial charge in [-0.15, -0.1) is 0 Å². The van der Waals surface area contributed by atoms with Gasteiger partial charge in [-0.3, -0.25) is 9.78 Å². The standard InChI is InChI=1S/C21H28N4O2/c26-21(23-14-17-4-3-13-27-17)8-7-16-9-11-25(12-10-16)20-15-22-18-5-1-2-6-19(18)24-20/h1-2,5-6,15-17H,3-4,7-14H2,(H,23,26)/t17-/m1/s1. The summed E-state index contributed by atoms with van der Waals surface area (Å²) in [5.41, 5.74) is 1.88. The lowest BCUT2D eigenvalue weighted by atomic mass is 9.92. The van der Waals surface area contributed by atoms with E-state index in [0.717, 1.165) is 68.7 Å². The van der Waals surface area contributed by atoms with Crippen molar-refractivity contribution in [1.82, 2.24) is 15.3 Å². The molecule has 4 rings (SSSR count). The molecule has 0 radical (unpaired) electrons. The van der Waals surface area contributed by atoms with E-state index in [1.165, 1.54) is 0 Å². The molecule has 3 heterocycles. The molecule has 0 unspecified atom stereocenters. The van der Waals surface area contributed by atoms with Crippen LogP contribution in [0.15, 0.2) is 30.5 Å². The number of para-hydroxylation sites is 2. The van der Waals surface area contributed by atoms with Crippen LogP contribution >= 0.6 is 0 Å². The maximum atomic E-state index is 12.1. The van der Waals surface area contributed by atoms with Crippen molar-refractivity contribution in [3.05, 3.63) is 30.5 Å². The van der Waals surface area contributed by atoms with E-state index in [1.807, 2.05) is 30.5 Å². The van der Waals surface area contributed by atoms with Crippen LogP contribution in [-0.2, 0) is 9.53 Å². The molecule has 0 spiro atoms. The van der Waals surface area contributed by atoms with Gasteiger partial charge in [-0.25, -0.2) is 4.98 Å². The Hall–Kier alpha value is -2.21. The number of piperidine rings is 1. The zero-order valence-corrected chi connectivity index (χ0v) is 15.8. The summed E-state index contributed by atoms with van der Waals surface area (Å²) >= 11 is 0. The maximum Gasteiger partial charge on any atom is 0.220 e. The smallest absolute Gasteiger partial charge is 0.220 e. The molecular formula is C21H28N4O2. The third-order valence-corrected chi connectivity index (χ3v) is 5.70. The van der Waals surface area contributed by atoms with Crippen molar-refractivity contribution in [2.75, 3.05) is 31.1 Å². The summed E-state index contributed by atoms with van der Waals surface area (Å²) in [5, 5.41) is 3.02. The van der Waals surface area contributed by atoms with Crippen molar-refractivity contribution >= 4 is 22.8 Å². The molecule has 0 bridgehead atoms. The van der Waals surface area contributed by atoms with E-state index in [0.29, 0.717) is 18.9 Å². The number of nitrogens with zero attached hydrogens (tertiary/aromatic N) is 3. The topological polar surface area (TPSA) is 67.4 Å².